The van der Waals surface area contributed by atoms with Gasteiger partial charge < -0.3 is 20.5 Å². The Hall–Kier alpha value is -2.24. The fourth-order valence-electron chi connectivity index (χ4n) is 1.38. The topological polar surface area (TPSA) is 87.7 Å². The molecule has 0 aliphatic rings. The predicted molar refractivity (Wildman–Crippen MR) is 65.6 cm³/mol. The van der Waals surface area contributed by atoms with Gasteiger partial charge in [-0.25, -0.2) is 4.79 Å². The van der Waals surface area contributed by atoms with Gasteiger partial charge in [0.1, 0.15) is 12.3 Å². The molecule has 1 rings (SSSR count). The third-order valence-electron chi connectivity index (χ3n) is 2.36. The van der Waals surface area contributed by atoms with Crippen LogP contribution in [0.15, 0.2) is 24.3 Å². The van der Waals surface area contributed by atoms with Crippen molar-refractivity contribution in [3.8, 4) is 5.75 Å². The van der Waals surface area contributed by atoms with Crippen molar-refractivity contribution in [2.45, 2.75) is 13.0 Å². The number of methoxy groups -OCH3 is 1. The molecule has 0 aliphatic carbocycles. The highest BCUT2D eigenvalue weighted by atomic mass is 16.5. The summed E-state index contributed by atoms with van der Waals surface area (Å²) in [5, 5.41) is 13.3. The molecular weight excluding hydrogens is 236 g/mol. The zero-order valence-corrected chi connectivity index (χ0v) is 10.3. The monoisotopic (exact) mass is 252 g/mol. The van der Waals surface area contributed by atoms with Gasteiger partial charge in [0.15, 0.2) is 0 Å². The third kappa shape index (κ3) is 4.32. The molecule has 0 fully saturated rings. The summed E-state index contributed by atoms with van der Waals surface area (Å²) in [6.07, 6.45) is 0. The maximum Gasteiger partial charge on any atom is 0.323 e. The van der Waals surface area contributed by atoms with Crippen LogP contribution in [0, 0.1) is 0 Å². The van der Waals surface area contributed by atoms with Crippen molar-refractivity contribution in [1.82, 2.24) is 10.6 Å². The number of rotatable bonds is 5. The number of urea groups is 1. The summed E-state index contributed by atoms with van der Waals surface area (Å²) in [7, 11) is 1.58. The fraction of sp³-hybridized carbons (Fsp3) is 0.333. The largest absolute Gasteiger partial charge is 0.497 e. The van der Waals surface area contributed by atoms with E-state index >= 15 is 0 Å². The summed E-state index contributed by atoms with van der Waals surface area (Å²) in [5.41, 5.74) is 0.904. The van der Waals surface area contributed by atoms with E-state index in [2.05, 4.69) is 10.6 Å². The Morgan fingerprint density at radius 1 is 1.33 bits per heavy atom. The molecule has 1 aromatic rings. The van der Waals surface area contributed by atoms with E-state index in [1.807, 2.05) is 19.1 Å². The molecule has 6 heteroatoms. The molecule has 0 saturated heterocycles. The summed E-state index contributed by atoms with van der Waals surface area (Å²) < 4.78 is 5.03. The van der Waals surface area contributed by atoms with E-state index in [0.29, 0.717) is 0 Å². The van der Waals surface area contributed by atoms with Crippen LogP contribution in [0.3, 0.4) is 0 Å². The second-order valence-electron chi connectivity index (χ2n) is 3.72. The minimum absolute atomic E-state index is 0.218. The van der Waals surface area contributed by atoms with Gasteiger partial charge in [-0.3, -0.25) is 4.79 Å². The molecule has 0 bridgehead atoms. The summed E-state index contributed by atoms with van der Waals surface area (Å²) in [4.78, 5) is 21.6. The second-order valence-corrected chi connectivity index (χ2v) is 3.72. The fourth-order valence-corrected chi connectivity index (χ4v) is 1.38. The molecule has 3 N–H and O–H groups in total. The van der Waals surface area contributed by atoms with E-state index in [-0.39, 0.29) is 6.04 Å². The van der Waals surface area contributed by atoms with Crippen molar-refractivity contribution in [1.29, 1.82) is 0 Å². The first kappa shape index (κ1) is 13.8. The van der Waals surface area contributed by atoms with Crippen LogP contribution < -0.4 is 15.4 Å². The molecule has 0 aliphatic heterocycles. The molecule has 0 aromatic heterocycles. The summed E-state index contributed by atoms with van der Waals surface area (Å²) in [6, 6.07) is 6.53. The van der Waals surface area contributed by atoms with Crippen LogP contribution in [0.5, 0.6) is 5.75 Å². The van der Waals surface area contributed by atoms with Gasteiger partial charge in [0.05, 0.1) is 13.2 Å². The Morgan fingerprint density at radius 2 is 1.94 bits per heavy atom. The highest BCUT2D eigenvalue weighted by Crippen LogP contribution is 2.16. The lowest BCUT2D eigenvalue weighted by Crippen LogP contribution is -2.39. The SMILES string of the molecule is COc1ccc(C(C)NC(=O)NCC(=O)O)cc1. The Kier molecular flexibility index (Phi) is 4.98. The van der Waals surface area contributed by atoms with Crippen LogP contribution >= 0.6 is 0 Å². The van der Waals surface area contributed by atoms with Crippen LogP contribution in [0.1, 0.15) is 18.5 Å². The summed E-state index contributed by atoms with van der Waals surface area (Å²) >= 11 is 0. The smallest absolute Gasteiger partial charge is 0.323 e. The van der Waals surface area contributed by atoms with Gasteiger partial charge in [0, 0.05) is 0 Å². The van der Waals surface area contributed by atoms with Gasteiger partial charge in [0.25, 0.3) is 0 Å². The number of ether oxygens (including phenoxy) is 1. The number of carboxylic acid groups (broad SMARTS) is 1. The molecule has 1 unspecified atom stereocenters. The average molecular weight is 252 g/mol. The standard InChI is InChI=1S/C12H16N2O4/c1-8(14-12(17)13-7-11(15)16)9-3-5-10(18-2)6-4-9/h3-6,8H,7H2,1-2H3,(H,15,16)(H2,13,14,17). The predicted octanol–water partition coefficient (Wildman–Crippen LogP) is 1.14. The first-order chi connectivity index (χ1) is 8.52. The van der Waals surface area contributed by atoms with E-state index in [9.17, 15) is 9.59 Å². The van der Waals surface area contributed by atoms with E-state index < -0.39 is 18.5 Å². The number of carbonyl (C=O) groups excluding carboxylic acids is 1. The number of carboxylic acids is 1. The highest BCUT2D eigenvalue weighted by molar-refractivity contribution is 5.80. The molecule has 18 heavy (non-hydrogen) atoms. The number of carbonyl (C=O) groups is 2. The molecule has 0 spiro atoms. The first-order valence-corrected chi connectivity index (χ1v) is 5.43. The number of hydrogen-bond donors (Lipinski definition) is 3. The molecule has 98 valence electrons. The number of amides is 2. The number of benzene rings is 1. The molecule has 1 aromatic carbocycles. The van der Waals surface area contributed by atoms with Crippen LogP contribution in [-0.4, -0.2) is 30.8 Å². The number of nitrogens with one attached hydrogen (secondary N) is 2. The van der Waals surface area contributed by atoms with Gasteiger partial charge >= 0.3 is 12.0 Å². The molecule has 0 heterocycles. The maximum atomic E-state index is 11.3. The Balaban J connectivity index is 2.50. The van der Waals surface area contributed by atoms with Crippen molar-refractivity contribution < 1.29 is 19.4 Å². The lowest BCUT2D eigenvalue weighted by molar-refractivity contribution is -0.135. The van der Waals surface area contributed by atoms with Crippen LogP contribution in [-0.2, 0) is 4.79 Å². The van der Waals surface area contributed by atoms with Crippen molar-refractivity contribution in [2.75, 3.05) is 13.7 Å². The van der Waals surface area contributed by atoms with Crippen LogP contribution in [0.4, 0.5) is 4.79 Å². The number of aliphatic carboxylic acids is 1. The van der Waals surface area contributed by atoms with E-state index in [0.717, 1.165) is 11.3 Å². The van der Waals surface area contributed by atoms with Crippen molar-refractivity contribution in [2.24, 2.45) is 0 Å². The zero-order valence-electron chi connectivity index (χ0n) is 10.3. The zero-order chi connectivity index (χ0) is 13.5. The second kappa shape index (κ2) is 6.48. The minimum atomic E-state index is -1.08. The van der Waals surface area contributed by atoms with Crippen LogP contribution in [0.25, 0.3) is 0 Å². The maximum absolute atomic E-state index is 11.3. The first-order valence-electron chi connectivity index (χ1n) is 5.43. The van der Waals surface area contributed by atoms with E-state index in [1.54, 1.807) is 19.2 Å². The average Bonchev–Trinajstić information content (AvgIpc) is 2.36. The van der Waals surface area contributed by atoms with Gasteiger partial charge in [-0.15, -0.1) is 0 Å². The van der Waals surface area contributed by atoms with E-state index in [4.69, 9.17) is 9.84 Å². The highest BCUT2D eigenvalue weighted by Gasteiger charge is 2.09. The molecule has 0 radical (unpaired) electrons. The van der Waals surface area contributed by atoms with Crippen LogP contribution in [0.2, 0.25) is 0 Å². The molecule has 6 nitrogen and oxygen atoms in total. The Bertz CT molecular complexity index is 417. The van der Waals surface area contributed by atoms with Crippen molar-refractivity contribution >= 4 is 12.0 Å². The summed E-state index contributed by atoms with van der Waals surface area (Å²) in [6.45, 7) is 1.41. The Morgan fingerprint density at radius 3 is 2.44 bits per heavy atom. The normalized spacial score (nSPS) is 11.4. The van der Waals surface area contributed by atoms with Gasteiger partial charge in [-0.1, -0.05) is 12.1 Å². The van der Waals surface area contributed by atoms with E-state index in [1.165, 1.54) is 0 Å². The van der Waals surface area contributed by atoms with Gasteiger partial charge in [-0.2, -0.15) is 0 Å². The third-order valence-corrected chi connectivity index (χ3v) is 2.36. The lowest BCUT2D eigenvalue weighted by atomic mass is 10.1. The van der Waals surface area contributed by atoms with Crippen molar-refractivity contribution in [3.05, 3.63) is 29.8 Å². The minimum Gasteiger partial charge on any atom is -0.497 e. The molecule has 2 amide bonds. The Labute approximate surface area is 105 Å². The summed E-state index contributed by atoms with van der Waals surface area (Å²) in [5.74, 6) is -0.344. The molecule has 1 atom stereocenters. The van der Waals surface area contributed by atoms with Crippen molar-refractivity contribution in [3.63, 3.8) is 0 Å². The quantitative estimate of drug-likeness (QED) is 0.733. The molecule has 0 saturated carbocycles. The van der Waals surface area contributed by atoms with Gasteiger partial charge in [0.2, 0.25) is 0 Å². The number of hydrogen-bond acceptors (Lipinski definition) is 3. The lowest BCUT2D eigenvalue weighted by Gasteiger charge is -2.14. The molecular formula is C12H16N2O4. The van der Waals surface area contributed by atoms with Gasteiger partial charge in [-0.05, 0) is 24.6 Å².